The van der Waals surface area contributed by atoms with Crippen LogP contribution in [0, 0.1) is 47.3 Å². The third kappa shape index (κ3) is 2.06. The summed E-state index contributed by atoms with van der Waals surface area (Å²) in [5.41, 5.74) is 0. The first-order valence-electron chi connectivity index (χ1n) is 9.01. The van der Waals surface area contributed by atoms with Crippen molar-refractivity contribution >= 4 is 0 Å². The number of rotatable bonds is 5. The molecule has 8 atom stereocenters. The van der Waals surface area contributed by atoms with Crippen LogP contribution in [-0.2, 0) is 0 Å². The van der Waals surface area contributed by atoms with E-state index in [0.717, 1.165) is 60.2 Å². The zero-order chi connectivity index (χ0) is 13.7. The smallest absolute Gasteiger partial charge is 0.0433 e. The number of hydrogen-bond acceptors (Lipinski definition) is 2. The lowest BCUT2D eigenvalue weighted by molar-refractivity contribution is 0.0799. The highest BCUT2D eigenvalue weighted by molar-refractivity contribution is 5.04. The van der Waals surface area contributed by atoms with Gasteiger partial charge in [0.05, 0.1) is 0 Å². The minimum Gasteiger partial charge on any atom is -0.396 e. The summed E-state index contributed by atoms with van der Waals surface area (Å²) in [4.78, 5) is 0. The highest BCUT2D eigenvalue weighted by Crippen LogP contribution is 2.63. The molecule has 2 nitrogen and oxygen atoms in total. The van der Waals surface area contributed by atoms with E-state index in [0.29, 0.717) is 13.2 Å². The zero-order valence-corrected chi connectivity index (χ0v) is 12.6. The van der Waals surface area contributed by atoms with Gasteiger partial charge in [0.1, 0.15) is 0 Å². The fourth-order valence-corrected chi connectivity index (χ4v) is 7.09. The summed E-state index contributed by atoms with van der Waals surface area (Å²) in [5.74, 6) is 7.45. The molecular formula is C18H30O2. The second-order valence-corrected chi connectivity index (χ2v) is 8.35. The summed E-state index contributed by atoms with van der Waals surface area (Å²) in [7, 11) is 0. The highest BCUT2D eigenvalue weighted by atomic mass is 16.3. The van der Waals surface area contributed by atoms with E-state index in [1.807, 2.05) is 0 Å². The second kappa shape index (κ2) is 5.28. The quantitative estimate of drug-likeness (QED) is 0.811. The lowest BCUT2D eigenvalue weighted by Crippen LogP contribution is -2.33. The molecule has 114 valence electrons. The summed E-state index contributed by atoms with van der Waals surface area (Å²) < 4.78 is 0. The fourth-order valence-electron chi connectivity index (χ4n) is 7.09. The van der Waals surface area contributed by atoms with Gasteiger partial charge in [-0.05, 0) is 98.7 Å². The van der Waals surface area contributed by atoms with Crippen LogP contribution in [0.2, 0.25) is 0 Å². The third-order valence-corrected chi connectivity index (χ3v) is 7.55. The fraction of sp³-hybridized carbons (Fsp3) is 1.00. The van der Waals surface area contributed by atoms with E-state index in [9.17, 15) is 10.2 Å². The Morgan fingerprint density at radius 1 is 0.550 bits per heavy atom. The Kier molecular flexibility index (Phi) is 3.58. The standard InChI is InChI=1S/C18H30O2/c19-3-1-13-5-11-7-15(13)17(9-11)18-10-12-6-14(2-4-20)16(18)8-12/h11-20H,1-10H2. The summed E-state index contributed by atoms with van der Waals surface area (Å²) >= 11 is 0. The van der Waals surface area contributed by atoms with Crippen LogP contribution in [0.1, 0.15) is 51.4 Å². The molecule has 20 heavy (non-hydrogen) atoms. The Hall–Kier alpha value is -0.0800. The van der Waals surface area contributed by atoms with Crippen molar-refractivity contribution in [2.75, 3.05) is 13.2 Å². The Labute approximate surface area is 123 Å². The molecule has 4 saturated carbocycles. The summed E-state index contributed by atoms with van der Waals surface area (Å²) in [5, 5.41) is 18.6. The van der Waals surface area contributed by atoms with E-state index in [4.69, 9.17) is 0 Å². The first-order chi connectivity index (χ1) is 9.80. The minimum atomic E-state index is 0.393. The highest BCUT2D eigenvalue weighted by Gasteiger charge is 2.54. The van der Waals surface area contributed by atoms with Gasteiger partial charge in [-0.3, -0.25) is 0 Å². The van der Waals surface area contributed by atoms with E-state index in [2.05, 4.69) is 0 Å². The van der Waals surface area contributed by atoms with Crippen LogP contribution in [0.25, 0.3) is 0 Å². The van der Waals surface area contributed by atoms with Gasteiger partial charge in [0.25, 0.3) is 0 Å². The van der Waals surface area contributed by atoms with Gasteiger partial charge in [-0.1, -0.05) is 0 Å². The zero-order valence-electron chi connectivity index (χ0n) is 12.6. The number of fused-ring (bicyclic) bond motifs is 4. The molecule has 0 heterocycles. The Balaban J connectivity index is 1.46. The molecule has 4 bridgehead atoms. The predicted octanol–water partition coefficient (Wildman–Crippen LogP) is 3.08. The van der Waals surface area contributed by atoms with Crippen LogP contribution < -0.4 is 0 Å². The van der Waals surface area contributed by atoms with Crippen LogP contribution in [0.4, 0.5) is 0 Å². The van der Waals surface area contributed by atoms with Crippen molar-refractivity contribution in [3.63, 3.8) is 0 Å². The first kappa shape index (κ1) is 13.6. The number of aliphatic hydroxyl groups is 2. The predicted molar refractivity (Wildman–Crippen MR) is 79.0 cm³/mol. The second-order valence-electron chi connectivity index (χ2n) is 8.35. The topological polar surface area (TPSA) is 40.5 Å². The molecule has 0 aromatic carbocycles. The summed E-state index contributed by atoms with van der Waals surface area (Å²) in [6, 6.07) is 0. The van der Waals surface area contributed by atoms with Crippen LogP contribution in [-0.4, -0.2) is 23.4 Å². The van der Waals surface area contributed by atoms with E-state index in [1.165, 1.54) is 38.5 Å². The average molecular weight is 278 g/mol. The van der Waals surface area contributed by atoms with Gasteiger partial charge in [0.15, 0.2) is 0 Å². The van der Waals surface area contributed by atoms with Crippen molar-refractivity contribution in [3.05, 3.63) is 0 Å². The van der Waals surface area contributed by atoms with E-state index >= 15 is 0 Å². The van der Waals surface area contributed by atoms with Crippen molar-refractivity contribution in [2.45, 2.75) is 51.4 Å². The van der Waals surface area contributed by atoms with Gasteiger partial charge >= 0.3 is 0 Å². The van der Waals surface area contributed by atoms with E-state index in [1.54, 1.807) is 0 Å². The van der Waals surface area contributed by atoms with Crippen LogP contribution >= 0.6 is 0 Å². The van der Waals surface area contributed by atoms with Crippen LogP contribution in [0.5, 0.6) is 0 Å². The SMILES string of the molecule is OCCC1CC2CC1C(C1CC3CC(CCO)C1C3)C2. The Morgan fingerprint density at radius 2 is 0.950 bits per heavy atom. The third-order valence-electron chi connectivity index (χ3n) is 7.55. The largest absolute Gasteiger partial charge is 0.396 e. The minimum absolute atomic E-state index is 0.393. The van der Waals surface area contributed by atoms with Crippen molar-refractivity contribution in [1.29, 1.82) is 0 Å². The molecule has 4 aliphatic rings. The van der Waals surface area contributed by atoms with E-state index < -0.39 is 0 Å². The number of hydrogen-bond donors (Lipinski definition) is 2. The molecule has 2 heteroatoms. The van der Waals surface area contributed by atoms with Crippen molar-refractivity contribution in [2.24, 2.45) is 47.3 Å². The maximum Gasteiger partial charge on any atom is 0.0433 e. The molecule has 4 aliphatic carbocycles. The Bertz CT molecular complexity index is 321. The van der Waals surface area contributed by atoms with Gasteiger partial charge in [0.2, 0.25) is 0 Å². The van der Waals surface area contributed by atoms with Gasteiger partial charge in [0, 0.05) is 13.2 Å². The molecule has 0 spiro atoms. The Morgan fingerprint density at radius 3 is 1.30 bits per heavy atom. The molecule has 4 rings (SSSR count). The molecule has 8 unspecified atom stereocenters. The molecule has 0 amide bonds. The van der Waals surface area contributed by atoms with Crippen molar-refractivity contribution in [3.8, 4) is 0 Å². The van der Waals surface area contributed by atoms with Gasteiger partial charge < -0.3 is 10.2 Å². The average Bonchev–Trinajstić information content (AvgIpc) is 3.17. The molecule has 2 N–H and O–H groups in total. The molecule has 0 aromatic heterocycles. The van der Waals surface area contributed by atoms with Crippen molar-refractivity contribution in [1.82, 2.24) is 0 Å². The first-order valence-corrected chi connectivity index (χ1v) is 9.01. The van der Waals surface area contributed by atoms with Crippen molar-refractivity contribution < 1.29 is 10.2 Å². The summed E-state index contributed by atoms with van der Waals surface area (Å²) in [6.45, 7) is 0.787. The monoisotopic (exact) mass is 278 g/mol. The number of aliphatic hydroxyl groups excluding tert-OH is 2. The van der Waals surface area contributed by atoms with E-state index in [-0.39, 0.29) is 0 Å². The lowest BCUT2D eigenvalue weighted by atomic mass is 9.66. The molecule has 4 fully saturated rings. The molecule has 0 aromatic rings. The molecule has 0 saturated heterocycles. The maximum atomic E-state index is 9.30. The molecule has 0 radical (unpaired) electrons. The van der Waals surface area contributed by atoms with Crippen LogP contribution in [0.15, 0.2) is 0 Å². The lowest BCUT2D eigenvalue weighted by Gasteiger charge is -2.39. The molecule has 0 aliphatic heterocycles. The summed E-state index contributed by atoms with van der Waals surface area (Å²) in [6.07, 6.45) is 10.8. The normalized spacial score (nSPS) is 53.1. The van der Waals surface area contributed by atoms with Gasteiger partial charge in [-0.25, -0.2) is 0 Å². The molecular weight excluding hydrogens is 248 g/mol. The van der Waals surface area contributed by atoms with Gasteiger partial charge in [-0.2, -0.15) is 0 Å². The maximum absolute atomic E-state index is 9.30. The van der Waals surface area contributed by atoms with Gasteiger partial charge in [-0.15, -0.1) is 0 Å². The van der Waals surface area contributed by atoms with Crippen LogP contribution in [0.3, 0.4) is 0 Å².